The van der Waals surface area contributed by atoms with E-state index in [1.807, 2.05) is 6.08 Å². The maximum atomic E-state index is 3.43. The van der Waals surface area contributed by atoms with Crippen LogP contribution < -0.4 is 0 Å². The molecule has 12 heavy (non-hydrogen) atoms. The van der Waals surface area contributed by atoms with Gasteiger partial charge in [-0.2, -0.15) is 0 Å². The summed E-state index contributed by atoms with van der Waals surface area (Å²) in [7, 11) is 0. The molecule has 0 aromatic rings. The summed E-state index contributed by atoms with van der Waals surface area (Å²) in [4.78, 5) is 0. The summed E-state index contributed by atoms with van der Waals surface area (Å²) in [5.74, 6) is 0. The van der Waals surface area contributed by atoms with E-state index in [1.54, 1.807) is 0 Å². The van der Waals surface area contributed by atoms with Gasteiger partial charge < -0.3 is 0 Å². The van der Waals surface area contributed by atoms with Crippen LogP contribution in [0, 0.1) is 0 Å². The third kappa shape index (κ3) is 3.94. The van der Waals surface area contributed by atoms with Crippen LogP contribution in [-0.2, 0) is 0 Å². The van der Waals surface area contributed by atoms with Crippen LogP contribution in [0.5, 0.6) is 0 Å². The van der Waals surface area contributed by atoms with Crippen molar-refractivity contribution in [1.82, 2.24) is 0 Å². The monoisotopic (exact) mass is 226 g/mol. The summed E-state index contributed by atoms with van der Waals surface area (Å²) in [6.07, 6.45) is 12.7. The first-order valence-electron chi connectivity index (χ1n) is 4.61. The Bertz CT molecular complexity index is 207. The maximum absolute atomic E-state index is 3.43. The van der Waals surface area contributed by atoms with Crippen LogP contribution in [0.1, 0.15) is 32.1 Å². The fourth-order valence-electron chi connectivity index (χ4n) is 1.29. The lowest BCUT2D eigenvalue weighted by atomic mass is 10.1. The molecular formula is C11H15Br. The second-order valence-corrected chi connectivity index (χ2v) is 3.84. The normalized spacial score (nSPS) is 13.9. The molecule has 0 amide bonds. The Labute approximate surface area is 83.2 Å². The molecule has 1 heteroatoms. The van der Waals surface area contributed by atoms with Crippen LogP contribution >= 0.6 is 15.9 Å². The van der Waals surface area contributed by atoms with Gasteiger partial charge in [0.2, 0.25) is 0 Å². The zero-order chi connectivity index (χ0) is 8.65. The topological polar surface area (TPSA) is 0 Å². The Morgan fingerprint density at radius 3 is 2.67 bits per heavy atom. The first kappa shape index (κ1) is 9.83. The molecule has 66 valence electrons. The minimum atomic E-state index is 1.15. The summed E-state index contributed by atoms with van der Waals surface area (Å²) in [6.45, 7) is 0. The predicted octanol–water partition coefficient (Wildman–Crippen LogP) is 3.98. The standard InChI is InChI=1S/C11H15Br/c12-10-6-2-1-3-7-11-8-4-5-9-11/h4-5,8H,1-3,6-7,10H2. The van der Waals surface area contributed by atoms with E-state index < -0.39 is 0 Å². The van der Waals surface area contributed by atoms with Crippen LogP contribution in [0.4, 0.5) is 0 Å². The summed E-state index contributed by atoms with van der Waals surface area (Å²) < 4.78 is 0. The number of rotatable bonds is 6. The molecule has 1 rings (SSSR count). The molecule has 0 fully saturated rings. The third-order valence-electron chi connectivity index (χ3n) is 1.99. The van der Waals surface area contributed by atoms with E-state index in [9.17, 15) is 0 Å². The van der Waals surface area contributed by atoms with Gasteiger partial charge in [0, 0.05) is 5.33 Å². The molecule has 1 aliphatic rings. The highest BCUT2D eigenvalue weighted by atomic mass is 79.9. The average molecular weight is 227 g/mol. The van der Waals surface area contributed by atoms with Gasteiger partial charge >= 0.3 is 0 Å². The number of alkyl halides is 1. The zero-order valence-electron chi connectivity index (χ0n) is 7.35. The van der Waals surface area contributed by atoms with E-state index in [0.717, 1.165) is 5.33 Å². The van der Waals surface area contributed by atoms with Crippen molar-refractivity contribution in [2.24, 2.45) is 0 Å². The molecule has 0 aliphatic heterocycles. The van der Waals surface area contributed by atoms with Crippen molar-refractivity contribution in [1.29, 1.82) is 0 Å². The molecule has 0 bridgehead atoms. The predicted molar refractivity (Wildman–Crippen MR) is 57.6 cm³/mol. The number of halogens is 1. The fraction of sp³-hybridized carbons (Fsp3) is 0.545. The minimum Gasteiger partial charge on any atom is -0.117 e. The highest BCUT2D eigenvalue weighted by Crippen LogP contribution is 2.13. The quantitative estimate of drug-likeness (QED) is 0.365. The second-order valence-electron chi connectivity index (χ2n) is 3.05. The molecule has 0 atom stereocenters. The van der Waals surface area contributed by atoms with Crippen molar-refractivity contribution in [3.63, 3.8) is 0 Å². The van der Waals surface area contributed by atoms with E-state index in [0.29, 0.717) is 0 Å². The molecule has 1 aliphatic carbocycles. The number of unbranched alkanes of at least 4 members (excludes halogenated alkanes) is 3. The van der Waals surface area contributed by atoms with Crippen molar-refractivity contribution >= 4 is 15.9 Å². The van der Waals surface area contributed by atoms with Crippen molar-refractivity contribution < 1.29 is 0 Å². The average Bonchev–Trinajstić information content (AvgIpc) is 2.57. The number of hydrogen-bond acceptors (Lipinski definition) is 0. The SMILES string of the molecule is BrCCCCCCC1=C=CC=C1. The Hall–Kier alpha value is -0.260. The van der Waals surface area contributed by atoms with E-state index in [2.05, 4.69) is 33.8 Å². The first-order valence-corrected chi connectivity index (χ1v) is 5.74. The zero-order valence-corrected chi connectivity index (χ0v) is 8.94. The van der Waals surface area contributed by atoms with Gasteiger partial charge in [0.25, 0.3) is 0 Å². The molecule has 0 radical (unpaired) electrons. The Balaban J connectivity index is 1.96. The highest BCUT2D eigenvalue weighted by molar-refractivity contribution is 9.09. The fourth-order valence-corrected chi connectivity index (χ4v) is 1.68. The van der Waals surface area contributed by atoms with E-state index in [-0.39, 0.29) is 0 Å². The molecule has 0 saturated heterocycles. The lowest BCUT2D eigenvalue weighted by Gasteiger charge is -1.98. The van der Waals surface area contributed by atoms with Crippen LogP contribution in [0.25, 0.3) is 0 Å². The lowest BCUT2D eigenvalue weighted by Crippen LogP contribution is -1.80. The van der Waals surface area contributed by atoms with Gasteiger partial charge in [-0.25, -0.2) is 0 Å². The minimum absolute atomic E-state index is 1.15. The summed E-state index contributed by atoms with van der Waals surface area (Å²) in [5, 5.41) is 1.15. The number of hydrogen-bond donors (Lipinski definition) is 0. The molecule has 0 nitrogen and oxygen atoms in total. The van der Waals surface area contributed by atoms with Gasteiger partial charge in [-0.05, 0) is 30.9 Å². The molecule has 0 N–H and O–H groups in total. The van der Waals surface area contributed by atoms with E-state index >= 15 is 0 Å². The smallest absolute Gasteiger partial charge is 0.00313 e. The van der Waals surface area contributed by atoms with Gasteiger partial charge in [-0.3, -0.25) is 0 Å². The van der Waals surface area contributed by atoms with Crippen LogP contribution in [0.15, 0.2) is 29.5 Å². The largest absolute Gasteiger partial charge is 0.117 e. The Kier molecular flexibility index (Phi) is 5.14. The van der Waals surface area contributed by atoms with Gasteiger partial charge in [-0.15, -0.1) is 5.73 Å². The lowest BCUT2D eigenvalue weighted by molar-refractivity contribution is 0.673. The Morgan fingerprint density at radius 2 is 2.00 bits per heavy atom. The van der Waals surface area contributed by atoms with Gasteiger partial charge in [-0.1, -0.05) is 40.9 Å². The molecule has 0 unspecified atom stereocenters. The maximum Gasteiger partial charge on any atom is 0.00313 e. The van der Waals surface area contributed by atoms with Crippen molar-refractivity contribution in [2.75, 3.05) is 5.33 Å². The van der Waals surface area contributed by atoms with E-state index in [1.165, 1.54) is 37.7 Å². The molecule has 0 spiro atoms. The van der Waals surface area contributed by atoms with Gasteiger partial charge in [0.05, 0.1) is 0 Å². The molecule has 0 heterocycles. The molecule has 0 aromatic heterocycles. The second kappa shape index (κ2) is 6.28. The van der Waals surface area contributed by atoms with Gasteiger partial charge in [0.15, 0.2) is 0 Å². The Morgan fingerprint density at radius 1 is 1.17 bits per heavy atom. The molecule has 0 aromatic carbocycles. The van der Waals surface area contributed by atoms with Crippen molar-refractivity contribution in [3.05, 3.63) is 29.5 Å². The molecular weight excluding hydrogens is 212 g/mol. The van der Waals surface area contributed by atoms with Crippen molar-refractivity contribution in [3.8, 4) is 0 Å². The summed E-state index contributed by atoms with van der Waals surface area (Å²) in [5.41, 5.74) is 4.59. The van der Waals surface area contributed by atoms with Crippen molar-refractivity contribution in [2.45, 2.75) is 32.1 Å². The highest BCUT2D eigenvalue weighted by Gasteiger charge is 1.94. The number of allylic oxidation sites excluding steroid dienone is 3. The summed E-state index contributed by atoms with van der Waals surface area (Å²) in [6, 6.07) is 0. The van der Waals surface area contributed by atoms with Crippen LogP contribution in [0.3, 0.4) is 0 Å². The molecule has 0 saturated carbocycles. The first-order chi connectivity index (χ1) is 5.93. The third-order valence-corrected chi connectivity index (χ3v) is 2.55. The summed E-state index contributed by atoms with van der Waals surface area (Å²) >= 11 is 3.43. The van der Waals surface area contributed by atoms with Gasteiger partial charge in [0.1, 0.15) is 0 Å². The van der Waals surface area contributed by atoms with Crippen LogP contribution in [0.2, 0.25) is 0 Å². The van der Waals surface area contributed by atoms with E-state index in [4.69, 9.17) is 0 Å². The van der Waals surface area contributed by atoms with Crippen LogP contribution in [-0.4, -0.2) is 5.33 Å².